The number of anilines is 1. The molecule has 0 radical (unpaired) electrons. The molecule has 0 fully saturated rings. The lowest BCUT2D eigenvalue weighted by atomic mass is 10.2. The van der Waals surface area contributed by atoms with E-state index in [4.69, 9.17) is 0 Å². The first kappa shape index (κ1) is 18.6. The quantitative estimate of drug-likeness (QED) is 0.567. The Balaban J connectivity index is 1.59. The van der Waals surface area contributed by atoms with Crippen LogP contribution in [0.3, 0.4) is 0 Å². The zero-order valence-electron chi connectivity index (χ0n) is 14.3. The zero-order chi connectivity index (χ0) is 19.2. The van der Waals surface area contributed by atoms with Gasteiger partial charge >= 0.3 is 0 Å². The maximum atomic E-state index is 13.8. The van der Waals surface area contributed by atoms with Crippen LogP contribution in [-0.4, -0.2) is 39.8 Å². The molecule has 138 valence electrons. The van der Waals surface area contributed by atoms with E-state index in [1.807, 2.05) is 0 Å². The van der Waals surface area contributed by atoms with Gasteiger partial charge in [-0.2, -0.15) is 0 Å². The van der Waals surface area contributed by atoms with E-state index in [9.17, 15) is 14.0 Å². The van der Waals surface area contributed by atoms with Gasteiger partial charge in [0.1, 0.15) is 5.82 Å². The highest BCUT2D eigenvalue weighted by Crippen LogP contribution is 2.21. The number of carbonyl (C=O) groups is 2. The molecule has 27 heavy (non-hydrogen) atoms. The van der Waals surface area contributed by atoms with E-state index in [2.05, 4.69) is 25.8 Å². The first-order chi connectivity index (χ1) is 13.1. The number of carbonyl (C=O) groups excluding carboxylic acids is 2. The van der Waals surface area contributed by atoms with Crippen molar-refractivity contribution >= 4 is 29.3 Å². The van der Waals surface area contributed by atoms with Crippen molar-refractivity contribution in [2.24, 2.45) is 0 Å². The van der Waals surface area contributed by atoms with Crippen molar-refractivity contribution < 1.29 is 14.0 Å². The number of hydrogen-bond acceptors (Lipinski definition) is 5. The van der Waals surface area contributed by atoms with Gasteiger partial charge in [-0.25, -0.2) is 9.37 Å². The summed E-state index contributed by atoms with van der Waals surface area (Å²) in [5, 5.41) is 12.2. The summed E-state index contributed by atoms with van der Waals surface area (Å²) in [4.78, 5) is 27.9. The predicted octanol–water partition coefficient (Wildman–Crippen LogP) is 2.70. The molecule has 3 N–H and O–H groups in total. The molecule has 0 spiro atoms. The molecule has 0 bridgehead atoms. The fraction of sp³-hybridized carbons (Fsp3) is 0.111. The van der Waals surface area contributed by atoms with Gasteiger partial charge < -0.3 is 10.6 Å². The van der Waals surface area contributed by atoms with Crippen LogP contribution in [0.15, 0.2) is 53.7 Å². The van der Waals surface area contributed by atoms with Crippen molar-refractivity contribution in [1.82, 2.24) is 20.5 Å². The largest absolute Gasteiger partial charge is 0.355 e. The van der Waals surface area contributed by atoms with Crippen LogP contribution in [0.25, 0.3) is 11.4 Å². The lowest BCUT2D eigenvalue weighted by molar-refractivity contribution is -0.113. The number of hydrogen-bond donors (Lipinski definition) is 3. The van der Waals surface area contributed by atoms with Gasteiger partial charge in [0.2, 0.25) is 11.1 Å². The SMILES string of the molecule is CNC(=O)c1cccc(NC(=O)CSc2n[nH]c(-c3ccccc3F)n2)c1. The van der Waals surface area contributed by atoms with Crippen LogP contribution in [0.5, 0.6) is 0 Å². The van der Waals surface area contributed by atoms with Gasteiger partial charge in [-0.3, -0.25) is 14.7 Å². The summed E-state index contributed by atoms with van der Waals surface area (Å²) in [5.74, 6) is -0.542. The minimum Gasteiger partial charge on any atom is -0.355 e. The van der Waals surface area contributed by atoms with Crippen LogP contribution in [0.2, 0.25) is 0 Å². The average Bonchev–Trinajstić information content (AvgIpc) is 3.15. The highest BCUT2D eigenvalue weighted by Gasteiger charge is 2.12. The van der Waals surface area contributed by atoms with Crippen molar-refractivity contribution in [1.29, 1.82) is 0 Å². The number of H-pyrrole nitrogens is 1. The number of halogens is 1. The Bertz CT molecular complexity index is 976. The summed E-state index contributed by atoms with van der Waals surface area (Å²) >= 11 is 1.12. The molecular formula is C18H16FN5O2S. The Kier molecular flexibility index (Phi) is 5.82. The second-order valence-corrected chi connectivity index (χ2v) is 6.39. The van der Waals surface area contributed by atoms with Crippen molar-refractivity contribution in [2.75, 3.05) is 18.1 Å². The fourth-order valence-electron chi connectivity index (χ4n) is 2.29. The predicted molar refractivity (Wildman–Crippen MR) is 101 cm³/mol. The molecule has 3 rings (SSSR count). The molecule has 0 aliphatic carbocycles. The van der Waals surface area contributed by atoms with Crippen LogP contribution in [-0.2, 0) is 4.79 Å². The second-order valence-electron chi connectivity index (χ2n) is 5.44. The Morgan fingerprint density at radius 2 is 2.00 bits per heavy atom. The third-order valence-corrected chi connectivity index (χ3v) is 4.41. The number of aromatic amines is 1. The van der Waals surface area contributed by atoms with Gasteiger partial charge in [-0.1, -0.05) is 30.0 Å². The molecule has 1 aromatic heterocycles. The highest BCUT2D eigenvalue weighted by molar-refractivity contribution is 7.99. The van der Waals surface area contributed by atoms with E-state index in [0.29, 0.717) is 27.8 Å². The molecule has 0 aliphatic rings. The Morgan fingerprint density at radius 1 is 1.19 bits per heavy atom. The highest BCUT2D eigenvalue weighted by atomic mass is 32.2. The fourth-order valence-corrected chi connectivity index (χ4v) is 2.89. The van der Waals surface area contributed by atoms with Crippen LogP contribution in [0, 0.1) is 5.82 Å². The summed E-state index contributed by atoms with van der Waals surface area (Å²) in [5.41, 5.74) is 1.28. The standard InChI is InChI=1S/C18H16FN5O2S/c1-20-17(26)11-5-4-6-12(9-11)21-15(25)10-27-18-22-16(23-24-18)13-7-2-3-8-14(13)19/h2-9H,10H2,1H3,(H,20,26)(H,21,25)(H,22,23,24). The summed E-state index contributed by atoms with van der Waals surface area (Å²) in [6.07, 6.45) is 0. The number of nitrogens with zero attached hydrogens (tertiary/aromatic N) is 2. The van der Waals surface area contributed by atoms with Crippen molar-refractivity contribution in [3.8, 4) is 11.4 Å². The van der Waals surface area contributed by atoms with Crippen LogP contribution < -0.4 is 10.6 Å². The first-order valence-electron chi connectivity index (χ1n) is 7.99. The van der Waals surface area contributed by atoms with Crippen LogP contribution >= 0.6 is 11.8 Å². The minimum absolute atomic E-state index is 0.0682. The van der Waals surface area contributed by atoms with Gasteiger partial charge in [0.25, 0.3) is 5.91 Å². The monoisotopic (exact) mass is 385 g/mol. The average molecular weight is 385 g/mol. The molecule has 2 amide bonds. The van der Waals surface area contributed by atoms with E-state index < -0.39 is 5.82 Å². The van der Waals surface area contributed by atoms with Gasteiger partial charge in [0, 0.05) is 18.3 Å². The second kappa shape index (κ2) is 8.45. The van der Waals surface area contributed by atoms with E-state index in [0.717, 1.165) is 11.8 Å². The van der Waals surface area contributed by atoms with E-state index in [1.165, 1.54) is 13.1 Å². The van der Waals surface area contributed by atoms with Crippen molar-refractivity contribution in [3.05, 3.63) is 59.9 Å². The number of nitrogens with one attached hydrogen (secondary N) is 3. The maximum absolute atomic E-state index is 13.8. The van der Waals surface area contributed by atoms with Crippen LogP contribution in [0.4, 0.5) is 10.1 Å². The van der Waals surface area contributed by atoms with Gasteiger partial charge in [-0.05, 0) is 30.3 Å². The van der Waals surface area contributed by atoms with E-state index in [-0.39, 0.29) is 17.6 Å². The topological polar surface area (TPSA) is 99.8 Å². The smallest absolute Gasteiger partial charge is 0.251 e. The van der Waals surface area contributed by atoms with Crippen molar-refractivity contribution in [3.63, 3.8) is 0 Å². The Labute approximate surface area is 158 Å². The van der Waals surface area contributed by atoms with Gasteiger partial charge in [0.15, 0.2) is 5.82 Å². The molecule has 0 aliphatic heterocycles. The molecule has 0 saturated heterocycles. The van der Waals surface area contributed by atoms with E-state index in [1.54, 1.807) is 42.5 Å². The minimum atomic E-state index is -0.404. The Hall–Kier alpha value is -3.20. The normalized spacial score (nSPS) is 10.4. The molecule has 0 unspecified atom stereocenters. The molecule has 0 atom stereocenters. The number of rotatable bonds is 6. The maximum Gasteiger partial charge on any atom is 0.251 e. The summed E-state index contributed by atoms with van der Waals surface area (Å²) < 4.78 is 13.8. The van der Waals surface area contributed by atoms with Gasteiger partial charge in [0.05, 0.1) is 11.3 Å². The van der Waals surface area contributed by atoms with E-state index >= 15 is 0 Å². The van der Waals surface area contributed by atoms with Crippen molar-refractivity contribution in [2.45, 2.75) is 5.16 Å². The molecular weight excluding hydrogens is 369 g/mol. The molecule has 3 aromatic rings. The third kappa shape index (κ3) is 4.70. The first-order valence-corrected chi connectivity index (χ1v) is 8.97. The lowest BCUT2D eigenvalue weighted by Gasteiger charge is -2.06. The molecule has 9 heteroatoms. The lowest BCUT2D eigenvalue weighted by Crippen LogP contribution is -2.19. The van der Waals surface area contributed by atoms with Gasteiger partial charge in [-0.15, -0.1) is 5.10 Å². The zero-order valence-corrected chi connectivity index (χ0v) is 15.1. The number of amides is 2. The Morgan fingerprint density at radius 3 is 2.78 bits per heavy atom. The number of aromatic nitrogens is 3. The number of thioether (sulfide) groups is 1. The van der Waals surface area contributed by atoms with Crippen LogP contribution in [0.1, 0.15) is 10.4 Å². The molecule has 1 heterocycles. The summed E-state index contributed by atoms with van der Waals surface area (Å²) in [6, 6.07) is 12.8. The molecule has 0 saturated carbocycles. The third-order valence-electron chi connectivity index (χ3n) is 3.56. The summed E-state index contributed by atoms with van der Waals surface area (Å²) in [7, 11) is 1.54. The number of benzene rings is 2. The summed E-state index contributed by atoms with van der Waals surface area (Å²) in [6.45, 7) is 0. The molecule has 2 aromatic carbocycles. The molecule has 7 nitrogen and oxygen atoms in total.